The molecule has 1 atom stereocenters. The SMILES string of the molecule is CCC(C)c1ccc(OCc2ccc(CNC)cn2)cc1. The monoisotopic (exact) mass is 284 g/mol. The van der Waals surface area contributed by atoms with Crippen LogP contribution in [-0.2, 0) is 13.2 Å². The van der Waals surface area contributed by atoms with Crippen molar-refractivity contribution in [3.05, 3.63) is 59.4 Å². The van der Waals surface area contributed by atoms with Gasteiger partial charge in [0.15, 0.2) is 0 Å². The van der Waals surface area contributed by atoms with Crippen LogP contribution in [0.3, 0.4) is 0 Å². The molecule has 3 nitrogen and oxygen atoms in total. The maximum atomic E-state index is 5.78. The lowest BCUT2D eigenvalue weighted by molar-refractivity contribution is 0.301. The minimum absolute atomic E-state index is 0.502. The van der Waals surface area contributed by atoms with Gasteiger partial charge in [-0.1, -0.05) is 32.0 Å². The summed E-state index contributed by atoms with van der Waals surface area (Å²) in [6, 6.07) is 12.5. The van der Waals surface area contributed by atoms with E-state index in [2.05, 4.69) is 42.3 Å². The zero-order valence-electron chi connectivity index (χ0n) is 13.1. The Kier molecular flexibility index (Phi) is 5.76. The van der Waals surface area contributed by atoms with Crippen molar-refractivity contribution in [2.75, 3.05) is 7.05 Å². The van der Waals surface area contributed by atoms with Crippen molar-refractivity contribution in [3.63, 3.8) is 0 Å². The van der Waals surface area contributed by atoms with E-state index in [1.165, 1.54) is 11.1 Å². The Balaban J connectivity index is 1.90. The Bertz CT molecular complexity index is 534. The zero-order valence-corrected chi connectivity index (χ0v) is 13.1. The van der Waals surface area contributed by atoms with E-state index in [1.807, 2.05) is 31.4 Å². The summed E-state index contributed by atoms with van der Waals surface area (Å²) in [6.07, 6.45) is 3.05. The number of aromatic nitrogens is 1. The third-order valence-electron chi connectivity index (χ3n) is 3.72. The van der Waals surface area contributed by atoms with Gasteiger partial charge in [0.05, 0.1) is 5.69 Å². The second-order valence-electron chi connectivity index (χ2n) is 5.36. The molecule has 0 aliphatic carbocycles. The second kappa shape index (κ2) is 7.79. The van der Waals surface area contributed by atoms with Gasteiger partial charge in [0.1, 0.15) is 12.4 Å². The van der Waals surface area contributed by atoms with Crippen LogP contribution in [0.5, 0.6) is 5.75 Å². The highest BCUT2D eigenvalue weighted by Crippen LogP contribution is 2.21. The highest BCUT2D eigenvalue weighted by Gasteiger charge is 2.03. The average molecular weight is 284 g/mol. The number of pyridine rings is 1. The quantitative estimate of drug-likeness (QED) is 0.837. The predicted octanol–water partition coefficient (Wildman–Crippen LogP) is 3.89. The van der Waals surface area contributed by atoms with E-state index in [4.69, 9.17) is 4.74 Å². The zero-order chi connectivity index (χ0) is 15.1. The number of hydrogen-bond acceptors (Lipinski definition) is 3. The molecule has 0 spiro atoms. The number of rotatable bonds is 7. The molecule has 0 amide bonds. The third kappa shape index (κ3) is 4.57. The molecular formula is C18H24N2O. The fourth-order valence-electron chi connectivity index (χ4n) is 2.13. The summed E-state index contributed by atoms with van der Waals surface area (Å²) in [4.78, 5) is 4.41. The lowest BCUT2D eigenvalue weighted by atomic mass is 9.99. The molecule has 0 saturated heterocycles. The van der Waals surface area contributed by atoms with Crippen molar-refractivity contribution < 1.29 is 4.74 Å². The van der Waals surface area contributed by atoms with Crippen molar-refractivity contribution in [1.82, 2.24) is 10.3 Å². The first-order valence-corrected chi connectivity index (χ1v) is 7.54. The maximum Gasteiger partial charge on any atom is 0.130 e. The molecule has 0 aliphatic heterocycles. The van der Waals surface area contributed by atoms with E-state index in [0.717, 1.165) is 24.4 Å². The topological polar surface area (TPSA) is 34.1 Å². The molecule has 1 N–H and O–H groups in total. The Labute approximate surface area is 127 Å². The van der Waals surface area contributed by atoms with Crippen molar-refractivity contribution in [1.29, 1.82) is 0 Å². The number of benzene rings is 1. The van der Waals surface area contributed by atoms with Crippen LogP contribution in [0.1, 0.15) is 43.0 Å². The standard InChI is InChI=1S/C18H24N2O/c1-4-14(2)16-6-9-18(10-7-16)21-13-17-8-5-15(11-19-3)12-20-17/h5-10,12,14,19H,4,11,13H2,1-3H3. The van der Waals surface area contributed by atoms with Crippen molar-refractivity contribution >= 4 is 0 Å². The molecule has 0 aliphatic rings. The van der Waals surface area contributed by atoms with Gasteiger partial charge < -0.3 is 10.1 Å². The van der Waals surface area contributed by atoms with Gasteiger partial charge in [-0.15, -0.1) is 0 Å². The number of hydrogen-bond donors (Lipinski definition) is 1. The summed E-state index contributed by atoms with van der Waals surface area (Å²) in [5.74, 6) is 1.49. The van der Waals surface area contributed by atoms with Crippen LogP contribution in [0.15, 0.2) is 42.6 Å². The van der Waals surface area contributed by atoms with Gasteiger partial charge in [0.2, 0.25) is 0 Å². The molecule has 2 rings (SSSR count). The summed E-state index contributed by atoms with van der Waals surface area (Å²) in [5, 5.41) is 3.11. The van der Waals surface area contributed by atoms with Gasteiger partial charge in [-0.05, 0) is 48.7 Å². The van der Waals surface area contributed by atoms with E-state index in [1.54, 1.807) is 0 Å². The molecule has 3 heteroatoms. The minimum atomic E-state index is 0.502. The Morgan fingerprint density at radius 1 is 1.14 bits per heavy atom. The molecule has 0 radical (unpaired) electrons. The molecule has 0 fully saturated rings. The van der Waals surface area contributed by atoms with Crippen molar-refractivity contribution in [2.24, 2.45) is 0 Å². The molecule has 1 heterocycles. The van der Waals surface area contributed by atoms with E-state index in [0.29, 0.717) is 12.5 Å². The molecule has 1 aromatic carbocycles. The molecular weight excluding hydrogens is 260 g/mol. The Morgan fingerprint density at radius 2 is 1.90 bits per heavy atom. The van der Waals surface area contributed by atoms with Gasteiger partial charge in [-0.2, -0.15) is 0 Å². The van der Waals surface area contributed by atoms with Gasteiger partial charge in [0.25, 0.3) is 0 Å². The Morgan fingerprint density at radius 3 is 2.48 bits per heavy atom. The van der Waals surface area contributed by atoms with Gasteiger partial charge in [-0.25, -0.2) is 0 Å². The highest BCUT2D eigenvalue weighted by atomic mass is 16.5. The molecule has 21 heavy (non-hydrogen) atoms. The summed E-state index contributed by atoms with van der Waals surface area (Å²) >= 11 is 0. The summed E-state index contributed by atoms with van der Waals surface area (Å²) in [5.41, 5.74) is 3.49. The highest BCUT2D eigenvalue weighted by molar-refractivity contribution is 5.29. The predicted molar refractivity (Wildman–Crippen MR) is 86.5 cm³/mol. The maximum absolute atomic E-state index is 5.78. The summed E-state index contributed by atoms with van der Waals surface area (Å²) < 4.78 is 5.78. The van der Waals surface area contributed by atoms with Gasteiger partial charge in [0, 0.05) is 12.7 Å². The first-order valence-electron chi connectivity index (χ1n) is 7.54. The first-order chi connectivity index (χ1) is 10.2. The molecule has 2 aromatic rings. The van der Waals surface area contributed by atoms with Crippen LogP contribution in [0, 0.1) is 0 Å². The number of nitrogens with zero attached hydrogens (tertiary/aromatic N) is 1. The van der Waals surface area contributed by atoms with Crippen LogP contribution in [0.25, 0.3) is 0 Å². The Hall–Kier alpha value is -1.87. The average Bonchev–Trinajstić information content (AvgIpc) is 2.54. The summed E-state index contributed by atoms with van der Waals surface area (Å²) in [7, 11) is 1.93. The van der Waals surface area contributed by atoms with E-state index < -0.39 is 0 Å². The molecule has 1 aromatic heterocycles. The normalized spacial score (nSPS) is 12.1. The molecule has 0 bridgehead atoms. The number of ether oxygens (including phenoxy) is 1. The minimum Gasteiger partial charge on any atom is -0.487 e. The largest absolute Gasteiger partial charge is 0.487 e. The van der Waals surface area contributed by atoms with E-state index >= 15 is 0 Å². The van der Waals surface area contributed by atoms with Crippen LogP contribution in [-0.4, -0.2) is 12.0 Å². The van der Waals surface area contributed by atoms with Crippen LogP contribution in [0.4, 0.5) is 0 Å². The lowest BCUT2D eigenvalue weighted by Gasteiger charge is -2.10. The van der Waals surface area contributed by atoms with Crippen molar-refractivity contribution in [3.8, 4) is 5.75 Å². The molecule has 112 valence electrons. The fourth-order valence-corrected chi connectivity index (χ4v) is 2.13. The van der Waals surface area contributed by atoms with Gasteiger partial charge in [-0.3, -0.25) is 4.98 Å². The molecule has 0 saturated carbocycles. The summed E-state index contributed by atoms with van der Waals surface area (Å²) in [6.45, 7) is 5.79. The third-order valence-corrected chi connectivity index (χ3v) is 3.72. The smallest absolute Gasteiger partial charge is 0.130 e. The van der Waals surface area contributed by atoms with Crippen LogP contribution in [0.2, 0.25) is 0 Å². The first kappa shape index (κ1) is 15.5. The van der Waals surface area contributed by atoms with Crippen LogP contribution >= 0.6 is 0 Å². The molecule has 1 unspecified atom stereocenters. The lowest BCUT2D eigenvalue weighted by Crippen LogP contribution is -2.06. The van der Waals surface area contributed by atoms with E-state index in [9.17, 15) is 0 Å². The van der Waals surface area contributed by atoms with Crippen molar-refractivity contribution in [2.45, 2.75) is 39.3 Å². The van der Waals surface area contributed by atoms with Crippen LogP contribution < -0.4 is 10.1 Å². The fraction of sp³-hybridized carbons (Fsp3) is 0.389. The second-order valence-corrected chi connectivity index (χ2v) is 5.36. The van der Waals surface area contributed by atoms with Gasteiger partial charge >= 0.3 is 0 Å². The number of nitrogens with one attached hydrogen (secondary N) is 1. The van der Waals surface area contributed by atoms with E-state index in [-0.39, 0.29) is 0 Å².